The lowest BCUT2D eigenvalue weighted by Gasteiger charge is -2.23. The van der Waals surface area contributed by atoms with Gasteiger partial charge in [-0.25, -0.2) is 0 Å². The van der Waals surface area contributed by atoms with Crippen molar-refractivity contribution in [2.45, 2.75) is 13.2 Å². The van der Waals surface area contributed by atoms with Crippen molar-refractivity contribution in [3.8, 4) is 0 Å². The molecule has 1 saturated heterocycles. The fraction of sp³-hybridized carbons (Fsp3) is 0.750. The van der Waals surface area contributed by atoms with Gasteiger partial charge in [-0.15, -0.1) is 0 Å². The standard InChI is InChI=1S/C4H6O3/c1-3(5)4-6-2-7-4/h4H,2H2,1H3. The largest absolute Gasteiger partial charge is 0.319 e. The summed E-state index contributed by atoms with van der Waals surface area (Å²) in [6, 6.07) is 0. The SMILES string of the molecule is CC(=O)C1OCO1. The molecule has 0 spiro atoms. The van der Waals surface area contributed by atoms with Crippen molar-refractivity contribution >= 4 is 5.78 Å². The second-order valence-electron chi connectivity index (χ2n) is 1.39. The predicted molar refractivity (Wildman–Crippen MR) is 21.5 cm³/mol. The smallest absolute Gasteiger partial charge is 0.221 e. The third-order valence-corrected chi connectivity index (χ3v) is 0.771. The number of carbonyl (C=O) groups is 1. The molecule has 0 radical (unpaired) electrons. The van der Waals surface area contributed by atoms with Crippen LogP contribution in [0.15, 0.2) is 0 Å². The van der Waals surface area contributed by atoms with Gasteiger partial charge in [-0.3, -0.25) is 4.79 Å². The summed E-state index contributed by atoms with van der Waals surface area (Å²) in [5.41, 5.74) is 0. The minimum Gasteiger partial charge on any atom is -0.319 e. The van der Waals surface area contributed by atoms with Crippen molar-refractivity contribution in [2.75, 3.05) is 6.79 Å². The second kappa shape index (κ2) is 1.60. The normalized spacial score (nSPS) is 21.3. The highest BCUT2D eigenvalue weighted by Gasteiger charge is 2.22. The number of hydrogen-bond donors (Lipinski definition) is 0. The molecule has 0 bridgehead atoms. The molecule has 1 aliphatic heterocycles. The van der Waals surface area contributed by atoms with Crippen molar-refractivity contribution in [1.82, 2.24) is 0 Å². The molecule has 7 heavy (non-hydrogen) atoms. The van der Waals surface area contributed by atoms with Gasteiger partial charge in [0.15, 0.2) is 12.6 Å². The van der Waals surface area contributed by atoms with E-state index in [1.807, 2.05) is 0 Å². The molecular weight excluding hydrogens is 96.0 g/mol. The molecule has 0 amide bonds. The number of hydrogen-bond acceptors (Lipinski definition) is 3. The Balaban J connectivity index is 2.27. The van der Waals surface area contributed by atoms with Crippen molar-refractivity contribution in [1.29, 1.82) is 0 Å². The van der Waals surface area contributed by atoms with Gasteiger partial charge < -0.3 is 9.47 Å². The first-order valence-electron chi connectivity index (χ1n) is 2.04. The molecule has 0 N–H and O–H groups in total. The third kappa shape index (κ3) is 0.783. The molecule has 0 aromatic carbocycles. The molecule has 1 rings (SSSR count). The molecule has 0 aliphatic carbocycles. The highest BCUT2D eigenvalue weighted by Crippen LogP contribution is 2.05. The summed E-state index contributed by atoms with van der Waals surface area (Å²) in [6.07, 6.45) is -0.556. The quantitative estimate of drug-likeness (QED) is 0.464. The summed E-state index contributed by atoms with van der Waals surface area (Å²) < 4.78 is 9.24. The Bertz CT molecular complexity index is 84.9. The molecule has 0 aromatic rings. The summed E-state index contributed by atoms with van der Waals surface area (Å²) >= 11 is 0. The van der Waals surface area contributed by atoms with Crippen molar-refractivity contribution in [2.24, 2.45) is 0 Å². The molecule has 1 aliphatic rings. The van der Waals surface area contributed by atoms with E-state index in [0.717, 1.165) is 0 Å². The average molecular weight is 102 g/mol. The van der Waals surface area contributed by atoms with E-state index < -0.39 is 6.29 Å². The number of carbonyl (C=O) groups excluding carboxylic acids is 1. The average Bonchev–Trinajstić information content (AvgIpc) is 1.23. The Kier molecular flexibility index (Phi) is 1.08. The van der Waals surface area contributed by atoms with Crippen LogP contribution >= 0.6 is 0 Å². The first-order valence-corrected chi connectivity index (χ1v) is 2.04. The molecule has 1 fully saturated rings. The Morgan fingerprint density at radius 2 is 2.29 bits per heavy atom. The van der Waals surface area contributed by atoms with Gasteiger partial charge in [0.05, 0.1) is 0 Å². The number of Topliss-reactive ketones (excluding diaryl/α,β-unsaturated/α-hetero) is 1. The molecule has 3 nitrogen and oxygen atoms in total. The Hall–Kier alpha value is -0.410. The van der Waals surface area contributed by atoms with E-state index in [1.54, 1.807) is 0 Å². The summed E-state index contributed by atoms with van der Waals surface area (Å²) in [6.45, 7) is 1.70. The summed E-state index contributed by atoms with van der Waals surface area (Å²) in [5.74, 6) is -0.0637. The van der Waals surface area contributed by atoms with E-state index in [-0.39, 0.29) is 12.6 Å². The van der Waals surface area contributed by atoms with Crippen LogP contribution in [0, 0.1) is 0 Å². The zero-order valence-electron chi connectivity index (χ0n) is 4.01. The van der Waals surface area contributed by atoms with E-state index in [9.17, 15) is 4.79 Å². The van der Waals surface area contributed by atoms with E-state index in [4.69, 9.17) is 0 Å². The van der Waals surface area contributed by atoms with E-state index in [1.165, 1.54) is 6.92 Å². The van der Waals surface area contributed by atoms with Gasteiger partial charge in [0.2, 0.25) is 6.29 Å². The zero-order chi connectivity index (χ0) is 5.28. The fourth-order valence-corrected chi connectivity index (χ4v) is 0.371. The van der Waals surface area contributed by atoms with Crippen LogP contribution < -0.4 is 0 Å². The third-order valence-electron chi connectivity index (χ3n) is 0.771. The minimum absolute atomic E-state index is 0.0637. The Labute approximate surface area is 41.2 Å². The Morgan fingerprint density at radius 3 is 2.29 bits per heavy atom. The van der Waals surface area contributed by atoms with Crippen LogP contribution in [0.2, 0.25) is 0 Å². The lowest BCUT2D eigenvalue weighted by Crippen LogP contribution is -2.36. The zero-order valence-corrected chi connectivity index (χ0v) is 4.01. The lowest BCUT2D eigenvalue weighted by atomic mass is 10.4. The van der Waals surface area contributed by atoms with Gasteiger partial charge in [-0.1, -0.05) is 0 Å². The van der Waals surface area contributed by atoms with Crippen molar-refractivity contribution in [3.63, 3.8) is 0 Å². The molecule has 40 valence electrons. The van der Waals surface area contributed by atoms with Gasteiger partial charge in [0.1, 0.15) is 0 Å². The monoisotopic (exact) mass is 102 g/mol. The van der Waals surface area contributed by atoms with Crippen LogP contribution in [0.4, 0.5) is 0 Å². The van der Waals surface area contributed by atoms with Crippen LogP contribution in [-0.2, 0) is 14.3 Å². The highest BCUT2D eigenvalue weighted by atomic mass is 16.8. The van der Waals surface area contributed by atoms with Crippen LogP contribution in [0.1, 0.15) is 6.92 Å². The van der Waals surface area contributed by atoms with E-state index in [2.05, 4.69) is 9.47 Å². The molecule has 0 saturated carbocycles. The maximum absolute atomic E-state index is 10.2. The summed E-state index contributed by atoms with van der Waals surface area (Å²) in [4.78, 5) is 10.2. The van der Waals surface area contributed by atoms with Crippen LogP contribution in [-0.4, -0.2) is 18.9 Å². The number of rotatable bonds is 1. The second-order valence-corrected chi connectivity index (χ2v) is 1.39. The summed E-state index contributed by atoms with van der Waals surface area (Å²) in [5, 5.41) is 0. The summed E-state index contributed by atoms with van der Waals surface area (Å²) in [7, 11) is 0. The first kappa shape index (κ1) is 4.74. The van der Waals surface area contributed by atoms with Gasteiger partial charge in [0.25, 0.3) is 0 Å². The maximum Gasteiger partial charge on any atom is 0.221 e. The predicted octanol–water partition coefficient (Wildman–Crippen LogP) is -0.0942. The van der Waals surface area contributed by atoms with Gasteiger partial charge >= 0.3 is 0 Å². The van der Waals surface area contributed by atoms with Crippen molar-refractivity contribution < 1.29 is 14.3 Å². The highest BCUT2D eigenvalue weighted by molar-refractivity contribution is 5.79. The van der Waals surface area contributed by atoms with Gasteiger partial charge in [-0.2, -0.15) is 0 Å². The molecule has 0 unspecified atom stereocenters. The number of ether oxygens (including phenoxy) is 2. The molecular formula is C4H6O3. The molecule has 3 heteroatoms. The topological polar surface area (TPSA) is 35.5 Å². The van der Waals surface area contributed by atoms with Crippen LogP contribution in [0.25, 0.3) is 0 Å². The lowest BCUT2D eigenvalue weighted by molar-refractivity contribution is -0.301. The van der Waals surface area contributed by atoms with E-state index in [0.29, 0.717) is 0 Å². The molecule has 0 atom stereocenters. The van der Waals surface area contributed by atoms with Gasteiger partial charge in [-0.05, 0) is 6.92 Å². The van der Waals surface area contributed by atoms with Crippen molar-refractivity contribution in [3.05, 3.63) is 0 Å². The van der Waals surface area contributed by atoms with Crippen LogP contribution in [0.3, 0.4) is 0 Å². The maximum atomic E-state index is 10.2. The van der Waals surface area contributed by atoms with E-state index >= 15 is 0 Å². The number of ketones is 1. The molecule has 1 heterocycles. The Morgan fingerprint density at radius 1 is 1.71 bits per heavy atom. The fourth-order valence-electron chi connectivity index (χ4n) is 0.371. The molecule has 0 aromatic heterocycles. The van der Waals surface area contributed by atoms with Crippen LogP contribution in [0.5, 0.6) is 0 Å². The van der Waals surface area contributed by atoms with Gasteiger partial charge in [0, 0.05) is 0 Å². The first-order chi connectivity index (χ1) is 3.30. The minimum atomic E-state index is -0.556.